The smallest absolute Gasteiger partial charge is 0.269 e. The highest BCUT2D eigenvalue weighted by Gasteiger charge is 2.43. The molecule has 2 N–H and O–H groups in total. The Morgan fingerprint density at radius 3 is 2.48 bits per heavy atom. The van der Waals surface area contributed by atoms with Crippen LogP contribution in [0, 0.1) is 10.1 Å². The third kappa shape index (κ3) is 3.79. The van der Waals surface area contributed by atoms with Crippen molar-refractivity contribution in [2.75, 3.05) is 4.90 Å². The number of nitro benzene ring substituents is 1. The van der Waals surface area contributed by atoms with Crippen molar-refractivity contribution in [2.45, 2.75) is 12.1 Å². The van der Waals surface area contributed by atoms with Crippen LogP contribution in [0.15, 0.2) is 89.5 Å². The van der Waals surface area contributed by atoms with Gasteiger partial charge in [0.05, 0.1) is 22.3 Å². The van der Waals surface area contributed by atoms with Gasteiger partial charge in [-0.2, -0.15) is 0 Å². The topological polar surface area (TPSA) is 105 Å². The highest BCUT2D eigenvalue weighted by molar-refractivity contribution is 7.80. The molecular formula is C24H18N4O4S. The van der Waals surface area contributed by atoms with Crippen LogP contribution in [0.3, 0.4) is 0 Å². The first-order chi connectivity index (χ1) is 16.0. The molecule has 2 atom stereocenters. The van der Waals surface area contributed by atoms with E-state index in [1.165, 1.54) is 12.1 Å². The van der Waals surface area contributed by atoms with Crippen molar-refractivity contribution < 1.29 is 14.4 Å². The standard InChI is InChI=1S/C24H18N4O4S/c29-19-7-2-1-6-18(19)27-23(22(26-24(27)33)17-5-3-4-14-25-17)21-13-12-20(32-21)15-8-10-16(11-9-15)28(30)31/h1-14,22-23,29H,(H,26,33)/t22-,23+/m1/s1. The van der Waals surface area contributed by atoms with E-state index in [2.05, 4.69) is 10.3 Å². The number of phenolic OH excluding ortho intramolecular Hbond substituents is 1. The summed E-state index contributed by atoms with van der Waals surface area (Å²) in [6.45, 7) is 0. The van der Waals surface area contributed by atoms with Crippen LogP contribution < -0.4 is 10.2 Å². The lowest BCUT2D eigenvalue weighted by molar-refractivity contribution is -0.384. The largest absolute Gasteiger partial charge is 0.506 e. The number of hydrogen-bond acceptors (Lipinski definition) is 6. The summed E-state index contributed by atoms with van der Waals surface area (Å²) in [6.07, 6.45) is 1.71. The van der Waals surface area contributed by atoms with Crippen LogP contribution in [0.2, 0.25) is 0 Å². The van der Waals surface area contributed by atoms with Crippen molar-refractivity contribution >= 4 is 28.7 Å². The van der Waals surface area contributed by atoms with Gasteiger partial charge in [0.15, 0.2) is 5.11 Å². The molecule has 4 aromatic rings. The fourth-order valence-electron chi connectivity index (χ4n) is 3.99. The fraction of sp³-hybridized carbons (Fsp3) is 0.0833. The van der Waals surface area contributed by atoms with Crippen LogP contribution in [0.5, 0.6) is 5.75 Å². The van der Waals surface area contributed by atoms with Crippen LogP contribution in [-0.2, 0) is 0 Å². The summed E-state index contributed by atoms with van der Waals surface area (Å²) in [4.78, 5) is 16.8. The molecule has 2 aromatic heterocycles. The average Bonchev–Trinajstić information content (AvgIpc) is 3.45. The number of aromatic nitrogens is 1. The molecule has 9 heteroatoms. The number of nitro groups is 1. The Kier molecular flexibility index (Phi) is 5.23. The third-order valence-corrected chi connectivity index (χ3v) is 5.83. The van der Waals surface area contributed by atoms with Crippen molar-refractivity contribution in [1.82, 2.24) is 10.3 Å². The first-order valence-electron chi connectivity index (χ1n) is 10.2. The number of furan rings is 1. The molecule has 0 aliphatic carbocycles. The van der Waals surface area contributed by atoms with E-state index in [1.807, 2.05) is 41.3 Å². The number of rotatable bonds is 5. The molecule has 2 aromatic carbocycles. The van der Waals surface area contributed by atoms with Crippen molar-refractivity contribution in [3.63, 3.8) is 0 Å². The monoisotopic (exact) mass is 458 g/mol. The summed E-state index contributed by atoms with van der Waals surface area (Å²) in [5, 5.41) is 25.2. The van der Waals surface area contributed by atoms with Gasteiger partial charge in [-0.1, -0.05) is 18.2 Å². The lowest BCUT2D eigenvalue weighted by Gasteiger charge is -2.26. The number of pyridine rings is 1. The average molecular weight is 458 g/mol. The highest BCUT2D eigenvalue weighted by atomic mass is 32.1. The number of nitrogens with zero attached hydrogens (tertiary/aromatic N) is 3. The maximum Gasteiger partial charge on any atom is 0.269 e. The molecule has 1 saturated heterocycles. The second-order valence-corrected chi connectivity index (χ2v) is 7.88. The van der Waals surface area contributed by atoms with Gasteiger partial charge in [0.1, 0.15) is 23.3 Å². The minimum absolute atomic E-state index is 0.0109. The first kappa shape index (κ1) is 20.7. The SMILES string of the molecule is O=[N+]([O-])c1ccc(-c2ccc([C@H]3[C@@H](c4ccccn4)NC(=S)N3c3ccccc3O)o2)cc1. The van der Waals surface area contributed by atoms with E-state index in [0.29, 0.717) is 27.9 Å². The van der Waals surface area contributed by atoms with Crippen LogP contribution in [0.25, 0.3) is 11.3 Å². The molecule has 1 fully saturated rings. The molecule has 3 heterocycles. The normalized spacial score (nSPS) is 17.7. The number of hydrogen-bond donors (Lipinski definition) is 2. The van der Waals surface area contributed by atoms with Crippen molar-refractivity contribution in [1.29, 1.82) is 0 Å². The number of aromatic hydroxyl groups is 1. The number of anilines is 1. The maximum atomic E-state index is 11.0. The molecule has 8 nitrogen and oxygen atoms in total. The second-order valence-electron chi connectivity index (χ2n) is 7.49. The summed E-state index contributed by atoms with van der Waals surface area (Å²) < 4.78 is 6.23. The number of phenols is 1. The molecule has 0 radical (unpaired) electrons. The Balaban J connectivity index is 1.58. The number of non-ortho nitro benzene ring substituents is 1. The minimum atomic E-state index is -0.440. The third-order valence-electron chi connectivity index (χ3n) is 5.52. The molecule has 0 spiro atoms. The molecule has 164 valence electrons. The van der Waals surface area contributed by atoms with Crippen molar-refractivity contribution in [2.24, 2.45) is 0 Å². The molecule has 1 aliphatic heterocycles. The quantitative estimate of drug-likeness (QED) is 0.241. The van der Waals surface area contributed by atoms with Crippen LogP contribution >= 0.6 is 12.2 Å². The Morgan fingerprint density at radius 1 is 1.03 bits per heavy atom. The summed E-state index contributed by atoms with van der Waals surface area (Å²) in [6, 6.07) is 21.7. The number of para-hydroxylation sites is 2. The predicted molar refractivity (Wildman–Crippen MR) is 127 cm³/mol. The first-order valence-corrected chi connectivity index (χ1v) is 10.6. The van der Waals surface area contributed by atoms with Gasteiger partial charge in [-0.15, -0.1) is 0 Å². The van der Waals surface area contributed by atoms with Gasteiger partial charge < -0.3 is 19.7 Å². The molecule has 5 rings (SSSR count). The van der Waals surface area contributed by atoms with E-state index in [0.717, 1.165) is 5.69 Å². The maximum absolute atomic E-state index is 11.0. The summed E-state index contributed by atoms with van der Waals surface area (Å²) in [5.74, 6) is 1.26. The Morgan fingerprint density at radius 2 is 1.79 bits per heavy atom. The zero-order valence-corrected chi connectivity index (χ0v) is 18.0. The summed E-state index contributed by atoms with van der Waals surface area (Å²) in [5.41, 5.74) is 2.04. The van der Waals surface area contributed by atoms with Gasteiger partial charge in [-0.3, -0.25) is 15.1 Å². The highest BCUT2D eigenvalue weighted by Crippen LogP contribution is 2.45. The predicted octanol–water partition coefficient (Wildman–Crippen LogP) is 5.13. The second kappa shape index (κ2) is 8.36. The molecular weight excluding hydrogens is 440 g/mol. The van der Waals surface area contributed by atoms with Gasteiger partial charge in [0, 0.05) is 23.9 Å². The molecule has 0 unspecified atom stereocenters. The zero-order chi connectivity index (χ0) is 22.9. The van der Waals surface area contributed by atoms with E-state index in [1.54, 1.807) is 36.5 Å². The Bertz CT molecular complexity index is 1320. The van der Waals surface area contributed by atoms with E-state index < -0.39 is 11.0 Å². The Hall–Kier alpha value is -4.24. The van der Waals surface area contributed by atoms with Gasteiger partial charge >= 0.3 is 0 Å². The number of thiocarbonyl (C=S) groups is 1. The molecule has 0 saturated carbocycles. The van der Waals surface area contributed by atoms with Crippen molar-refractivity contribution in [3.8, 4) is 17.1 Å². The summed E-state index contributed by atoms with van der Waals surface area (Å²) in [7, 11) is 0. The van der Waals surface area contributed by atoms with E-state index >= 15 is 0 Å². The lowest BCUT2D eigenvalue weighted by atomic mass is 10.0. The molecule has 33 heavy (non-hydrogen) atoms. The number of nitrogens with one attached hydrogen (secondary N) is 1. The van der Waals surface area contributed by atoms with Crippen LogP contribution in [0.4, 0.5) is 11.4 Å². The minimum Gasteiger partial charge on any atom is -0.506 e. The molecule has 1 aliphatic rings. The Labute approximate surface area is 194 Å². The van der Waals surface area contributed by atoms with Gasteiger partial charge in [0.2, 0.25) is 0 Å². The van der Waals surface area contributed by atoms with E-state index in [-0.39, 0.29) is 17.5 Å². The lowest BCUT2D eigenvalue weighted by Crippen LogP contribution is -2.29. The van der Waals surface area contributed by atoms with Gasteiger partial charge in [0.25, 0.3) is 5.69 Å². The van der Waals surface area contributed by atoms with Crippen LogP contribution in [-0.4, -0.2) is 20.1 Å². The summed E-state index contributed by atoms with van der Waals surface area (Å²) >= 11 is 5.65. The van der Waals surface area contributed by atoms with Gasteiger partial charge in [-0.25, -0.2) is 0 Å². The van der Waals surface area contributed by atoms with E-state index in [4.69, 9.17) is 16.6 Å². The fourth-order valence-corrected chi connectivity index (χ4v) is 4.32. The molecule has 0 amide bonds. The van der Waals surface area contributed by atoms with E-state index in [9.17, 15) is 15.2 Å². The van der Waals surface area contributed by atoms with Crippen LogP contribution in [0.1, 0.15) is 23.5 Å². The molecule has 0 bridgehead atoms. The number of benzene rings is 2. The zero-order valence-electron chi connectivity index (χ0n) is 17.2. The van der Waals surface area contributed by atoms with Crippen molar-refractivity contribution in [3.05, 3.63) is 107 Å². The van der Waals surface area contributed by atoms with Gasteiger partial charge in [-0.05, 0) is 60.7 Å².